The molecule has 1 aromatic carbocycles. The molecule has 15 heavy (non-hydrogen) atoms. The van der Waals surface area contributed by atoms with Crippen LogP contribution in [0.4, 0.5) is 5.69 Å². The molecule has 0 amide bonds. The topological polar surface area (TPSA) is 32.6 Å². The second-order valence-electron chi connectivity index (χ2n) is 4.72. The predicted molar refractivity (Wildman–Crippen MR) is 62.7 cm³/mol. The number of nitrogens with zero attached hydrogens (tertiary/aromatic N) is 1. The van der Waals surface area contributed by atoms with Crippen LogP contribution in [0, 0.1) is 5.41 Å². The summed E-state index contributed by atoms with van der Waals surface area (Å²) in [6.07, 6.45) is 1.71. The van der Waals surface area contributed by atoms with Gasteiger partial charge in [0.25, 0.3) is 0 Å². The molecule has 0 bridgehead atoms. The molecule has 0 saturated heterocycles. The summed E-state index contributed by atoms with van der Waals surface area (Å²) in [6.45, 7) is 4.52. The maximum atomic E-state index is 9.02. The third kappa shape index (κ3) is 1.95. The maximum Gasteiger partial charge on any atom is 0.0665 e. The number of rotatable bonds is 3. The predicted octanol–water partition coefficient (Wildman–Crippen LogP) is 2.72. The van der Waals surface area contributed by atoms with Crippen LogP contribution in [0.3, 0.4) is 0 Å². The van der Waals surface area contributed by atoms with E-state index in [9.17, 15) is 0 Å². The molecule has 0 unspecified atom stereocenters. The monoisotopic (exact) mass is 203 g/mol. The van der Waals surface area contributed by atoms with Crippen LogP contribution in [0.15, 0.2) is 29.3 Å². The van der Waals surface area contributed by atoms with Crippen LogP contribution in [-0.4, -0.2) is 17.4 Å². The van der Waals surface area contributed by atoms with Gasteiger partial charge in [-0.25, -0.2) is 0 Å². The number of para-hydroxylation sites is 1. The van der Waals surface area contributed by atoms with Crippen molar-refractivity contribution in [2.75, 3.05) is 6.61 Å². The zero-order chi connectivity index (χ0) is 10.9. The molecule has 2 heteroatoms. The van der Waals surface area contributed by atoms with Gasteiger partial charge in [0.1, 0.15) is 0 Å². The molecule has 80 valence electrons. The molecule has 0 atom stereocenters. The van der Waals surface area contributed by atoms with E-state index < -0.39 is 0 Å². The Kier molecular flexibility index (Phi) is 2.61. The Morgan fingerprint density at radius 3 is 2.73 bits per heavy atom. The SMILES string of the molecule is CC(C)(CCO)C1=Nc2ccccc2C1. The molecule has 2 nitrogen and oxygen atoms in total. The van der Waals surface area contributed by atoms with Crippen LogP contribution in [0.2, 0.25) is 0 Å². The average Bonchev–Trinajstić information content (AvgIpc) is 2.61. The molecular formula is C13H17NO. The van der Waals surface area contributed by atoms with Gasteiger partial charge in [0.2, 0.25) is 0 Å². The van der Waals surface area contributed by atoms with Crippen molar-refractivity contribution in [2.45, 2.75) is 26.7 Å². The van der Waals surface area contributed by atoms with Crippen molar-refractivity contribution in [1.29, 1.82) is 0 Å². The molecule has 1 aromatic rings. The molecule has 1 aliphatic heterocycles. The van der Waals surface area contributed by atoms with Crippen molar-refractivity contribution >= 4 is 11.4 Å². The molecule has 0 aliphatic carbocycles. The summed E-state index contributed by atoms with van der Waals surface area (Å²) < 4.78 is 0. The van der Waals surface area contributed by atoms with Crippen LogP contribution in [0.1, 0.15) is 25.8 Å². The largest absolute Gasteiger partial charge is 0.396 e. The number of hydrogen-bond acceptors (Lipinski definition) is 2. The lowest BCUT2D eigenvalue weighted by molar-refractivity contribution is 0.249. The van der Waals surface area contributed by atoms with E-state index in [2.05, 4.69) is 37.0 Å². The van der Waals surface area contributed by atoms with Gasteiger partial charge in [-0.05, 0) is 18.1 Å². The van der Waals surface area contributed by atoms with Gasteiger partial charge in [0.05, 0.1) is 5.69 Å². The van der Waals surface area contributed by atoms with E-state index in [0.717, 1.165) is 18.5 Å². The average molecular weight is 203 g/mol. The van der Waals surface area contributed by atoms with Gasteiger partial charge in [-0.1, -0.05) is 32.0 Å². The molecular weight excluding hydrogens is 186 g/mol. The van der Waals surface area contributed by atoms with E-state index >= 15 is 0 Å². The highest BCUT2D eigenvalue weighted by Crippen LogP contribution is 2.34. The molecule has 2 rings (SSSR count). The fourth-order valence-electron chi connectivity index (χ4n) is 1.95. The number of benzene rings is 1. The molecule has 1 heterocycles. The molecule has 0 saturated carbocycles. The van der Waals surface area contributed by atoms with Crippen LogP contribution in [-0.2, 0) is 6.42 Å². The lowest BCUT2D eigenvalue weighted by Crippen LogP contribution is -2.25. The van der Waals surface area contributed by atoms with Crippen LogP contribution < -0.4 is 0 Å². The maximum absolute atomic E-state index is 9.02. The molecule has 0 aromatic heterocycles. The first kappa shape index (κ1) is 10.4. The summed E-state index contributed by atoms with van der Waals surface area (Å²) in [7, 11) is 0. The Balaban J connectivity index is 2.24. The van der Waals surface area contributed by atoms with Crippen molar-refractivity contribution in [1.82, 2.24) is 0 Å². The number of aliphatic hydroxyl groups excluding tert-OH is 1. The Bertz CT molecular complexity index is 393. The smallest absolute Gasteiger partial charge is 0.0665 e. The summed E-state index contributed by atoms with van der Waals surface area (Å²) in [5.41, 5.74) is 3.60. The first-order valence-electron chi connectivity index (χ1n) is 5.40. The Morgan fingerprint density at radius 1 is 1.33 bits per heavy atom. The first-order valence-corrected chi connectivity index (χ1v) is 5.40. The lowest BCUT2D eigenvalue weighted by atomic mass is 9.82. The zero-order valence-corrected chi connectivity index (χ0v) is 9.33. The number of hydrogen-bond donors (Lipinski definition) is 1. The number of aliphatic hydroxyl groups is 1. The fourth-order valence-corrected chi connectivity index (χ4v) is 1.95. The number of fused-ring (bicyclic) bond motifs is 1. The van der Waals surface area contributed by atoms with Crippen LogP contribution >= 0.6 is 0 Å². The second-order valence-corrected chi connectivity index (χ2v) is 4.72. The summed E-state index contributed by atoms with van der Waals surface area (Å²) in [5.74, 6) is 0. The fraction of sp³-hybridized carbons (Fsp3) is 0.462. The molecule has 1 N–H and O–H groups in total. The van der Waals surface area contributed by atoms with Crippen molar-refractivity contribution in [3.63, 3.8) is 0 Å². The van der Waals surface area contributed by atoms with E-state index in [1.54, 1.807) is 0 Å². The van der Waals surface area contributed by atoms with Crippen molar-refractivity contribution in [2.24, 2.45) is 10.4 Å². The highest BCUT2D eigenvalue weighted by atomic mass is 16.3. The van der Waals surface area contributed by atoms with E-state index in [0.29, 0.717) is 0 Å². The van der Waals surface area contributed by atoms with Crippen molar-refractivity contribution in [3.05, 3.63) is 29.8 Å². The van der Waals surface area contributed by atoms with E-state index in [1.807, 2.05) is 6.07 Å². The van der Waals surface area contributed by atoms with Gasteiger partial charge in [-0.15, -0.1) is 0 Å². The summed E-state index contributed by atoms with van der Waals surface area (Å²) in [6, 6.07) is 8.25. The van der Waals surface area contributed by atoms with Gasteiger partial charge in [0, 0.05) is 24.2 Å². The molecule has 0 fully saturated rings. The second kappa shape index (κ2) is 3.78. The highest BCUT2D eigenvalue weighted by Gasteiger charge is 2.28. The van der Waals surface area contributed by atoms with Gasteiger partial charge >= 0.3 is 0 Å². The summed E-state index contributed by atoms with van der Waals surface area (Å²) >= 11 is 0. The minimum absolute atomic E-state index is 0.00771. The van der Waals surface area contributed by atoms with Crippen LogP contribution in [0.5, 0.6) is 0 Å². The van der Waals surface area contributed by atoms with Gasteiger partial charge in [-0.2, -0.15) is 0 Å². The summed E-state index contributed by atoms with van der Waals surface area (Å²) in [5, 5.41) is 9.02. The Hall–Kier alpha value is -1.15. The quantitative estimate of drug-likeness (QED) is 0.805. The zero-order valence-electron chi connectivity index (χ0n) is 9.33. The van der Waals surface area contributed by atoms with Gasteiger partial charge in [-0.3, -0.25) is 4.99 Å². The lowest BCUT2D eigenvalue weighted by Gasteiger charge is -2.23. The molecule has 1 aliphatic rings. The van der Waals surface area contributed by atoms with Crippen molar-refractivity contribution in [3.8, 4) is 0 Å². The minimum Gasteiger partial charge on any atom is -0.396 e. The van der Waals surface area contributed by atoms with Gasteiger partial charge < -0.3 is 5.11 Å². The van der Waals surface area contributed by atoms with Crippen molar-refractivity contribution < 1.29 is 5.11 Å². The Labute approximate surface area is 90.7 Å². The third-order valence-corrected chi connectivity index (χ3v) is 3.12. The summed E-state index contributed by atoms with van der Waals surface area (Å²) in [4.78, 5) is 4.65. The molecule has 0 radical (unpaired) electrons. The normalized spacial score (nSPS) is 15.0. The highest BCUT2D eigenvalue weighted by molar-refractivity contribution is 5.97. The standard InChI is InChI=1S/C13H17NO/c1-13(2,7-8-15)12-9-10-5-3-4-6-11(10)14-12/h3-6,15H,7-9H2,1-2H3. The number of aliphatic imine (C=N–C) groups is 1. The molecule has 0 spiro atoms. The third-order valence-electron chi connectivity index (χ3n) is 3.12. The first-order chi connectivity index (χ1) is 7.13. The van der Waals surface area contributed by atoms with Gasteiger partial charge in [0.15, 0.2) is 0 Å². The van der Waals surface area contributed by atoms with Crippen LogP contribution in [0.25, 0.3) is 0 Å². The minimum atomic E-state index is 0.00771. The van der Waals surface area contributed by atoms with E-state index in [4.69, 9.17) is 5.11 Å². The van der Waals surface area contributed by atoms with E-state index in [1.165, 1.54) is 11.3 Å². The Morgan fingerprint density at radius 2 is 2.07 bits per heavy atom. The van der Waals surface area contributed by atoms with E-state index in [-0.39, 0.29) is 12.0 Å².